The van der Waals surface area contributed by atoms with Gasteiger partial charge in [-0.3, -0.25) is 14.4 Å². The number of halogens is 7. The van der Waals surface area contributed by atoms with E-state index in [9.17, 15) is 23.2 Å². The Bertz CT molecular complexity index is 1430. The molecule has 0 unspecified atom stereocenters. The summed E-state index contributed by atoms with van der Waals surface area (Å²) in [5, 5.41) is 7.54. The molecule has 0 saturated heterocycles. The van der Waals surface area contributed by atoms with E-state index in [0.717, 1.165) is 13.0 Å². The third kappa shape index (κ3) is 7.27. The van der Waals surface area contributed by atoms with Gasteiger partial charge in [0.2, 0.25) is 11.8 Å². The summed E-state index contributed by atoms with van der Waals surface area (Å²) in [4.78, 5) is 37.4. The molecule has 38 heavy (non-hydrogen) atoms. The van der Waals surface area contributed by atoms with Crippen LogP contribution in [0.15, 0.2) is 48.5 Å². The molecule has 0 radical (unpaired) electrons. The van der Waals surface area contributed by atoms with Crippen molar-refractivity contribution in [1.82, 2.24) is 0 Å². The highest BCUT2D eigenvalue weighted by Gasteiger charge is 2.37. The standard InChI is InChI=1S/C25H18Cl5F2N3O3/c1-11(36)33-20-10-21(19(32)9-18(20)31)35-23(37)14-8-13(4-6-15(14)26)34-24(38)22(25(2,29)30)12-3-5-16(27)17(28)7-12/h3-10,22H,1-2H3,(H,33,36)(H,34,38)(H,35,37)/t22-/m0/s1. The second-order valence-electron chi connectivity index (χ2n) is 8.19. The Morgan fingerprint density at radius 3 is 1.97 bits per heavy atom. The SMILES string of the molecule is CC(=O)Nc1cc(NC(=O)c2cc(NC(=O)[C@H](c3ccc(Cl)c(Cl)c3)C(C)(Cl)Cl)ccc2Cl)c(F)cc1F. The first kappa shape index (κ1) is 29.9. The van der Waals surface area contributed by atoms with E-state index in [1.54, 1.807) is 6.07 Å². The molecule has 0 aliphatic rings. The van der Waals surface area contributed by atoms with Crippen molar-refractivity contribution in [3.63, 3.8) is 0 Å². The van der Waals surface area contributed by atoms with Gasteiger partial charge >= 0.3 is 0 Å². The van der Waals surface area contributed by atoms with E-state index in [2.05, 4.69) is 16.0 Å². The molecule has 3 amide bonds. The van der Waals surface area contributed by atoms with Gasteiger partial charge in [0.15, 0.2) is 0 Å². The Labute approximate surface area is 241 Å². The van der Waals surface area contributed by atoms with Crippen molar-refractivity contribution in [2.45, 2.75) is 24.1 Å². The van der Waals surface area contributed by atoms with Crippen molar-refractivity contribution in [1.29, 1.82) is 0 Å². The van der Waals surface area contributed by atoms with Crippen LogP contribution in [0.25, 0.3) is 0 Å². The zero-order valence-electron chi connectivity index (χ0n) is 19.6. The zero-order valence-corrected chi connectivity index (χ0v) is 23.3. The quantitative estimate of drug-likeness (QED) is 0.233. The molecule has 0 saturated carbocycles. The number of carbonyl (C=O) groups is 3. The van der Waals surface area contributed by atoms with Crippen LogP contribution in [0.4, 0.5) is 25.8 Å². The van der Waals surface area contributed by atoms with Gasteiger partial charge in [0.25, 0.3) is 5.91 Å². The van der Waals surface area contributed by atoms with Crippen LogP contribution in [0.1, 0.15) is 35.7 Å². The number of hydrogen-bond donors (Lipinski definition) is 3. The maximum Gasteiger partial charge on any atom is 0.257 e. The Morgan fingerprint density at radius 2 is 1.39 bits per heavy atom. The third-order valence-corrected chi connectivity index (χ3v) is 6.65. The number of alkyl halides is 2. The molecule has 6 nitrogen and oxygen atoms in total. The minimum Gasteiger partial charge on any atom is -0.325 e. The van der Waals surface area contributed by atoms with E-state index in [0.29, 0.717) is 11.6 Å². The van der Waals surface area contributed by atoms with E-state index in [1.165, 1.54) is 37.3 Å². The lowest BCUT2D eigenvalue weighted by Gasteiger charge is -2.26. The first-order chi connectivity index (χ1) is 17.7. The van der Waals surface area contributed by atoms with Gasteiger partial charge in [0.1, 0.15) is 16.0 Å². The smallest absolute Gasteiger partial charge is 0.257 e. The molecule has 0 spiro atoms. The van der Waals surface area contributed by atoms with Crippen molar-refractivity contribution in [2.75, 3.05) is 16.0 Å². The Hall–Kier alpha value is -2.62. The van der Waals surface area contributed by atoms with Gasteiger partial charge in [0, 0.05) is 18.7 Å². The topological polar surface area (TPSA) is 87.3 Å². The zero-order chi connectivity index (χ0) is 28.4. The number of hydrogen-bond acceptors (Lipinski definition) is 3. The van der Waals surface area contributed by atoms with Crippen LogP contribution in [0.3, 0.4) is 0 Å². The van der Waals surface area contributed by atoms with Crippen LogP contribution in [0, 0.1) is 11.6 Å². The van der Waals surface area contributed by atoms with E-state index in [1.807, 2.05) is 0 Å². The summed E-state index contributed by atoms with van der Waals surface area (Å²) in [5.41, 5.74) is -0.353. The highest BCUT2D eigenvalue weighted by Crippen LogP contribution is 2.40. The molecule has 0 bridgehead atoms. The van der Waals surface area contributed by atoms with Crippen molar-refractivity contribution in [3.8, 4) is 0 Å². The van der Waals surface area contributed by atoms with Crippen molar-refractivity contribution in [3.05, 3.63) is 86.4 Å². The molecule has 13 heteroatoms. The Morgan fingerprint density at radius 1 is 0.789 bits per heavy atom. The summed E-state index contributed by atoms with van der Waals surface area (Å²) in [6, 6.07) is 9.96. The summed E-state index contributed by atoms with van der Waals surface area (Å²) in [6.07, 6.45) is 0. The molecule has 0 aliphatic carbocycles. The first-order valence-corrected chi connectivity index (χ1v) is 12.6. The normalized spacial score (nSPS) is 12.0. The lowest BCUT2D eigenvalue weighted by atomic mass is 9.94. The predicted molar refractivity (Wildman–Crippen MR) is 148 cm³/mol. The summed E-state index contributed by atoms with van der Waals surface area (Å²) >= 11 is 30.8. The molecular weight excluding hydrogens is 606 g/mol. The monoisotopic (exact) mass is 621 g/mol. The Balaban J connectivity index is 1.88. The van der Waals surface area contributed by atoms with Crippen molar-refractivity contribution >= 4 is 92.8 Å². The minimum atomic E-state index is -1.57. The van der Waals surface area contributed by atoms with Gasteiger partial charge in [-0.2, -0.15) is 0 Å². The molecule has 0 heterocycles. The highest BCUT2D eigenvalue weighted by molar-refractivity contribution is 6.50. The molecule has 1 atom stereocenters. The van der Waals surface area contributed by atoms with Crippen LogP contribution in [-0.4, -0.2) is 22.1 Å². The second-order valence-corrected chi connectivity index (χ2v) is 11.2. The van der Waals surface area contributed by atoms with E-state index >= 15 is 0 Å². The van der Waals surface area contributed by atoms with Crippen LogP contribution in [0.2, 0.25) is 15.1 Å². The number of benzene rings is 3. The highest BCUT2D eigenvalue weighted by atomic mass is 35.5. The van der Waals surface area contributed by atoms with Crippen LogP contribution in [-0.2, 0) is 9.59 Å². The molecule has 0 aromatic heterocycles. The van der Waals surface area contributed by atoms with Crippen molar-refractivity contribution in [2.24, 2.45) is 0 Å². The number of amides is 3. The Kier molecular flexibility index (Phi) is 9.49. The average molecular weight is 624 g/mol. The van der Waals surface area contributed by atoms with E-state index in [4.69, 9.17) is 58.0 Å². The number of anilines is 3. The number of nitrogens with one attached hydrogen (secondary N) is 3. The van der Waals surface area contributed by atoms with Crippen LogP contribution in [0.5, 0.6) is 0 Å². The molecule has 0 fully saturated rings. The second kappa shape index (κ2) is 12.1. The lowest BCUT2D eigenvalue weighted by molar-refractivity contribution is -0.118. The van der Waals surface area contributed by atoms with E-state index < -0.39 is 45.3 Å². The summed E-state index contributed by atoms with van der Waals surface area (Å²) < 4.78 is 26.7. The fourth-order valence-electron chi connectivity index (χ4n) is 3.48. The molecular formula is C25H18Cl5F2N3O3. The molecule has 3 aromatic carbocycles. The molecule has 3 rings (SSSR count). The third-order valence-electron chi connectivity index (χ3n) is 5.14. The predicted octanol–water partition coefficient (Wildman–Crippen LogP) is 8.05. The molecule has 200 valence electrons. The minimum absolute atomic E-state index is 0.0225. The summed E-state index contributed by atoms with van der Waals surface area (Å²) in [5.74, 6) is -5.31. The average Bonchev–Trinajstić information content (AvgIpc) is 2.79. The van der Waals surface area contributed by atoms with Gasteiger partial charge in [-0.15, -0.1) is 23.2 Å². The van der Waals surface area contributed by atoms with Gasteiger partial charge in [-0.05, 0) is 48.9 Å². The summed E-state index contributed by atoms with van der Waals surface area (Å²) in [7, 11) is 0. The number of carbonyl (C=O) groups excluding carboxylic acids is 3. The van der Waals surface area contributed by atoms with Gasteiger partial charge in [0.05, 0.1) is 37.9 Å². The van der Waals surface area contributed by atoms with Gasteiger partial charge in [-0.25, -0.2) is 8.78 Å². The molecule has 3 N–H and O–H groups in total. The maximum atomic E-state index is 14.3. The molecule has 0 aliphatic heterocycles. The first-order valence-electron chi connectivity index (χ1n) is 10.7. The fraction of sp³-hybridized carbons (Fsp3) is 0.160. The van der Waals surface area contributed by atoms with Crippen molar-refractivity contribution < 1.29 is 23.2 Å². The van der Waals surface area contributed by atoms with Gasteiger partial charge in [-0.1, -0.05) is 40.9 Å². The summed E-state index contributed by atoms with van der Waals surface area (Å²) in [6.45, 7) is 2.57. The van der Waals surface area contributed by atoms with Gasteiger partial charge < -0.3 is 16.0 Å². The largest absolute Gasteiger partial charge is 0.325 e. The maximum absolute atomic E-state index is 14.3. The number of rotatable bonds is 7. The molecule has 3 aromatic rings. The van der Waals surface area contributed by atoms with Crippen LogP contribution < -0.4 is 16.0 Å². The van der Waals surface area contributed by atoms with E-state index in [-0.39, 0.29) is 32.0 Å². The fourth-order valence-corrected chi connectivity index (χ4v) is 4.44. The lowest BCUT2D eigenvalue weighted by Crippen LogP contribution is -2.32. The van der Waals surface area contributed by atoms with Crippen LogP contribution >= 0.6 is 58.0 Å².